The molecule has 0 saturated carbocycles. The second-order valence-corrected chi connectivity index (χ2v) is 19.2. The summed E-state index contributed by atoms with van der Waals surface area (Å²) in [6, 6.07) is 0. The van der Waals surface area contributed by atoms with E-state index in [-0.39, 0.29) is 31.1 Å². The lowest BCUT2D eigenvalue weighted by molar-refractivity contribution is -0.167. The molecule has 0 aliphatic carbocycles. The summed E-state index contributed by atoms with van der Waals surface area (Å²) < 4.78 is 16.8. The zero-order valence-corrected chi connectivity index (χ0v) is 42.2. The van der Waals surface area contributed by atoms with Gasteiger partial charge in [-0.1, -0.05) is 284 Å². The second-order valence-electron chi connectivity index (χ2n) is 19.2. The van der Waals surface area contributed by atoms with Crippen LogP contribution in [0.1, 0.15) is 323 Å². The van der Waals surface area contributed by atoms with Crippen molar-refractivity contribution in [2.75, 3.05) is 13.2 Å². The van der Waals surface area contributed by atoms with Gasteiger partial charge < -0.3 is 14.2 Å². The van der Waals surface area contributed by atoms with Crippen LogP contribution in [0.25, 0.3) is 0 Å². The minimum Gasteiger partial charge on any atom is -0.462 e. The Labute approximate surface area is 387 Å². The topological polar surface area (TPSA) is 78.9 Å². The lowest BCUT2D eigenvalue weighted by Gasteiger charge is -2.18. The van der Waals surface area contributed by atoms with Crippen molar-refractivity contribution in [1.29, 1.82) is 0 Å². The maximum absolute atomic E-state index is 12.8. The van der Waals surface area contributed by atoms with Gasteiger partial charge in [0.05, 0.1) is 0 Å². The summed E-state index contributed by atoms with van der Waals surface area (Å²) in [6.45, 7) is 6.67. The van der Waals surface area contributed by atoms with Gasteiger partial charge in [0.25, 0.3) is 0 Å². The summed E-state index contributed by atoms with van der Waals surface area (Å²) in [6.07, 6.45) is 56.8. The van der Waals surface area contributed by atoms with Crippen LogP contribution in [0.15, 0.2) is 0 Å². The highest BCUT2D eigenvalue weighted by molar-refractivity contribution is 5.71. The highest BCUT2D eigenvalue weighted by atomic mass is 16.6. The molecule has 6 heteroatoms. The van der Waals surface area contributed by atoms with E-state index in [1.165, 1.54) is 225 Å². The van der Waals surface area contributed by atoms with Gasteiger partial charge >= 0.3 is 17.9 Å². The molecule has 1 atom stereocenters. The summed E-state index contributed by atoms with van der Waals surface area (Å²) in [7, 11) is 0. The SMILES string of the molecule is CCCCCCCCCCCCCCCCCCCCCCC(=O)OCC(COC(=O)CCCCCCCCCC)OC(=O)CCCCCCCCCCCCCCCCCC. The Kier molecular flexibility index (Phi) is 50.7. The van der Waals surface area contributed by atoms with Crippen LogP contribution in [0, 0.1) is 0 Å². The van der Waals surface area contributed by atoms with Crippen molar-refractivity contribution in [1.82, 2.24) is 0 Å². The predicted molar refractivity (Wildman–Crippen MR) is 266 cm³/mol. The van der Waals surface area contributed by atoms with Gasteiger partial charge in [-0.25, -0.2) is 0 Å². The van der Waals surface area contributed by atoms with Gasteiger partial charge in [-0.3, -0.25) is 14.4 Å². The average Bonchev–Trinajstić information content (AvgIpc) is 3.27. The van der Waals surface area contributed by atoms with Crippen molar-refractivity contribution in [2.45, 2.75) is 329 Å². The predicted octanol–water partition coefficient (Wildman–Crippen LogP) is 18.4. The first-order chi connectivity index (χ1) is 30.5. The Morgan fingerprint density at radius 2 is 0.435 bits per heavy atom. The van der Waals surface area contributed by atoms with Crippen molar-refractivity contribution in [3.63, 3.8) is 0 Å². The van der Waals surface area contributed by atoms with Gasteiger partial charge in [-0.15, -0.1) is 0 Å². The molecule has 62 heavy (non-hydrogen) atoms. The number of carbonyl (C=O) groups is 3. The van der Waals surface area contributed by atoms with E-state index >= 15 is 0 Å². The Balaban J connectivity index is 4.16. The molecule has 0 aromatic rings. The normalized spacial score (nSPS) is 11.9. The first kappa shape index (κ1) is 60.4. The maximum Gasteiger partial charge on any atom is 0.306 e. The van der Waals surface area contributed by atoms with Crippen molar-refractivity contribution in [3.05, 3.63) is 0 Å². The fraction of sp³-hybridized carbons (Fsp3) is 0.946. The van der Waals surface area contributed by atoms with Gasteiger partial charge in [0, 0.05) is 19.3 Å². The number of ether oxygens (including phenoxy) is 3. The van der Waals surface area contributed by atoms with Crippen LogP contribution in [0.2, 0.25) is 0 Å². The van der Waals surface area contributed by atoms with E-state index in [9.17, 15) is 14.4 Å². The molecule has 0 fully saturated rings. The number of esters is 3. The summed E-state index contributed by atoms with van der Waals surface area (Å²) in [5, 5.41) is 0. The standard InChI is InChI=1S/C56H108O6/c1-4-7-10-13-16-19-21-23-25-27-28-29-30-32-33-35-37-40-43-46-49-55(58)61-52-53(51-60-54(57)48-45-42-39-18-15-12-9-6-3)62-56(59)50-47-44-41-38-36-34-31-26-24-22-20-17-14-11-8-5-2/h53H,4-52H2,1-3H3. The van der Waals surface area contributed by atoms with E-state index in [1.54, 1.807) is 0 Å². The molecule has 0 N–H and O–H groups in total. The van der Waals surface area contributed by atoms with E-state index in [0.717, 1.165) is 57.8 Å². The quantitative estimate of drug-likeness (QED) is 0.0344. The molecule has 0 aliphatic rings. The van der Waals surface area contributed by atoms with Gasteiger partial charge in [-0.2, -0.15) is 0 Å². The Hall–Kier alpha value is -1.59. The second kappa shape index (κ2) is 52.0. The fourth-order valence-electron chi connectivity index (χ4n) is 8.62. The number of hydrogen-bond acceptors (Lipinski definition) is 6. The maximum atomic E-state index is 12.8. The number of rotatable bonds is 52. The van der Waals surface area contributed by atoms with Gasteiger partial charge in [0.2, 0.25) is 0 Å². The molecule has 0 aromatic carbocycles. The minimum absolute atomic E-state index is 0.0617. The van der Waals surface area contributed by atoms with Crippen LogP contribution in [-0.4, -0.2) is 37.2 Å². The molecule has 0 rings (SSSR count). The fourth-order valence-corrected chi connectivity index (χ4v) is 8.62. The smallest absolute Gasteiger partial charge is 0.306 e. The summed E-state index contributed by atoms with van der Waals surface area (Å²) in [5.41, 5.74) is 0. The molecule has 0 saturated heterocycles. The highest BCUT2D eigenvalue weighted by Crippen LogP contribution is 2.17. The molecule has 0 bridgehead atoms. The van der Waals surface area contributed by atoms with Crippen molar-refractivity contribution in [2.24, 2.45) is 0 Å². The van der Waals surface area contributed by atoms with Crippen LogP contribution in [0.4, 0.5) is 0 Å². The van der Waals surface area contributed by atoms with Crippen LogP contribution in [0.3, 0.4) is 0 Å². The minimum atomic E-state index is -0.759. The Morgan fingerprint density at radius 3 is 0.645 bits per heavy atom. The Bertz CT molecular complexity index is 920. The zero-order chi connectivity index (χ0) is 45.1. The summed E-state index contributed by atoms with van der Waals surface area (Å²) >= 11 is 0. The highest BCUT2D eigenvalue weighted by Gasteiger charge is 2.19. The molecule has 0 aliphatic heterocycles. The Morgan fingerprint density at radius 1 is 0.258 bits per heavy atom. The van der Waals surface area contributed by atoms with Crippen molar-refractivity contribution < 1.29 is 28.6 Å². The van der Waals surface area contributed by atoms with Crippen LogP contribution >= 0.6 is 0 Å². The van der Waals surface area contributed by atoms with Gasteiger partial charge in [0.1, 0.15) is 13.2 Å². The first-order valence-corrected chi connectivity index (χ1v) is 28.0. The van der Waals surface area contributed by atoms with E-state index < -0.39 is 6.10 Å². The lowest BCUT2D eigenvalue weighted by atomic mass is 10.0. The molecule has 1 unspecified atom stereocenters. The third kappa shape index (κ3) is 49.4. The molecule has 0 radical (unpaired) electrons. The molecule has 0 spiro atoms. The number of unbranched alkanes of at least 4 members (excludes halogenated alkanes) is 41. The monoisotopic (exact) mass is 877 g/mol. The van der Waals surface area contributed by atoms with Gasteiger partial charge in [-0.05, 0) is 19.3 Å². The largest absolute Gasteiger partial charge is 0.462 e. The number of hydrogen-bond donors (Lipinski definition) is 0. The molecule has 368 valence electrons. The van der Waals surface area contributed by atoms with Crippen molar-refractivity contribution >= 4 is 17.9 Å². The van der Waals surface area contributed by atoms with Crippen LogP contribution in [-0.2, 0) is 28.6 Å². The van der Waals surface area contributed by atoms with Crippen molar-refractivity contribution in [3.8, 4) is 0 Å². The third-order valence-electron chi connectivity index (χ3n) is 12.9. The molecule has 6 nitrogen and oxygen atoms in total. The zero-order valence-electron chi connectivity index (χ0n) is 42.2. The number of carbonyl (C=O) groups excluding carboxylic acids is 3. The van der Waals surface area contributed by atoms with Gasteiger partial charge in [0.15, 0.2) is 6.10 Å². The lowest BCUT2D eigenvalue weighted by Crippen LogP contribution is -2.30. The molecule has 0 amide bonds. The summed E-state index contributed by atoms with van der Waals surface area (Å²) in [5.74, 6) is -0.841. The van der Waals surface area contributed by atoms with Crippen LogP contribution < -0.4 is 0 Å². The average molecular weight is 877 g/mol. The molecular formula is C56H108O6. The van der Waals surface area contributed by atoms with E-state index in [1.807, 2.05) is 0 Å². The molecule has 0 heterocycles. The third-order valence-corrected chi connectivity index (χ3v) is 12.9. The van der Waals surface area contributed by atoms with E-state index in [2.05, 4.69) is 20.8 Å². The molecular weight excluding hydrogens is 769 g/mol. The van der Waals surface area contributed by atoms with E-state index in [4.69, 9.17) is 14.2 Å². The van der Waals surface area contributed by atoms with Crippen LogP contribution in [0.5, 0.6) is 0 Å². The first-order valence-electron chi connectivity index (χ1n) is 28.0. The van der Waals surface area contributed by atoms with E-state index in [0.29, 0.717) is 19.3 Å². The summed E-state index contributed by atoms with van der Waals surface area (Å²) in [4.78, 5) is 37.9. The molecule has 0 aromatic heterocycles.